The minimum absolute atomic E-state index is 0.00233. The van der Waals surface area contributed by atoms with Crippen LogP contribution in [0, 0.1) is 5.92 Å². The van der Waals surface area contributed by atoms with Crippen LogP contribution in [0.25, 0.3) is 5.57 Å². The molecule has 0 radical (unpaired) electrons. The van der Waals surface area contributed by atoms with Gasteiger partial charge in [0.05, 0.1) is 25.4 Å². The number of amides is 2. The topological polar surface area (TPSA) is 59.1 Å². The number of ether oxygens (including phenoxy) is 2. The number of benzene rings is 1. The average Bonchev–Trinajstić information content (AvgIpc) is 3.03. The van der Waals surface area contributed by atoms with Gasteiger partial charge in [-0.25, -0.2) is 0 Å². The first-order valence-corrected chi connectivity index (χ1v) is 12.2. The smallest absolute Gasteiger partial charge is 0.278 e. The molecule has 3 aliphatic rings. The zero-order valence-electron chi connectivity index (χ0n) is 19.5. The third kappa shape index (κ3) is 5.01. The van der Waals surface area contributed by atoms with Crippen LogP contribution in [-0.4, -0.2) is 60.6 Å². The first-order valence-electron chi connectivity index (χ1n) is 12.2. The molecule has 6 heteroatoms. The van der Waals surface area contributed by atoms with E-state index in [9.17, 15) is 9.59 Å². The minimum Gasteiger partial charge on any atom is -0.493 e. The number of rotatable bonds is 6. The van der Waals surface area contributed by atoms with Crippen LogP contribution in [0.1, 0.15) is 64.4 Å². The van der Waals surface area contributed by atoms with Gasteiger partial charge in [0.25, 0.3) is 11.8 Å². The van der Waals surface area contributed by atoms with E-state index in [4.69, 9.17) is 9.47 Å². The van der Waals surface area contributed by atoms with Crippen LogP contribution in [0.3, 0.4) is 0 Å². The van der Waals surface area contributed by atoms with E-state index < -0.39 is 0 Å². The lowest BCUT2D eigenvalue weighted by Crippen LogP contribution is -2.44. The molecule has 4 rings (SSSR count). The van der Waals surface area contributed by atoms with Crippen LogP contribution in [0.5, 0.6) is 5.75 Å². The minimum atomic E-state index is -0.141. The first-order chi connectivity index (χ1) is 15.6. The fourth-order valence-electron chi connectivity index (χ4n) is 4.88. The number of imide groups is 1. The van der Waals surface area contributed by atoms with E-state index in [1.165, 1.54) is 19.3 Å². The Balaban J connectivity index is 1.64. The Morgan fingerprint density at radius 2 is 1.56 bits per heavy atom. The van der Waals surface area contributed by atoms with Crippen molar-refractivity contribution in [3.05, 3.63) is 35.5 Å². The van der Waals surface area contributed by atoms with E-state index in [1.807, 2.05) is 29.2 Å². The summed E-state index contributed by atoms with van der Waals surface area (Å²) in [5.74, 6) is 0.955. The predicted molar refractivity (Wildman–Crippen MR) is 124 cm³/mol. The summed E-state index contributed by atoms with van der Waals surface area (Å²) in [7, 11) is 0. The van der Waals surface area contributed by atoms with Crippen molar-refractivity contribution in [2.45, 2.75) is 64.8 Å². The fourth-order valence-corrected chi connectivity index (χ4v) is 4.88. The fraction of sp³-hybridized carbons (Fsp3) is 0.615. The van der Waals surface area contributed by atoms with Crippen molar-refractivity contribution in [3.63, 3.8) is 0 Å². The lowest BCUT2D eigenvalue weighted by atomic mass is 9.95. The normalized spacial score (nSPS) is 21.3. The van der Waals surface area contributed by atoms with Crippen LogP contribution in [0.2, 0.25) is 0 Å². The molecule has 0 aromatic heterocycles. The molecule has 2 aliphatic heterocycles. The van der Waals surface area contributed by atoms with Crippen LogP contribution < -0.4 is 4.74 Å². The van der Waals surface area contributed by atoms with Gasteiger partial charge in [-0.3, -0.25) is 14.5 Å². The zero-order valence-corrected chi connectivity index (χ0v) is 19.5. The van der Waals surface area contributed by atoms with Gasteiger partial charge >= 0.3 is 0 Å². The number of nitrogens with zero attached hydrogens (tertiary/aromatic N) is 2. The molecule has 2 fully saturated rings. The predicted octanol–water partition coefficient (Wildman–Crippen LogP) is 4.25. The molecule has 2 amide bonds. The second-order valence-electron chi connectivity index (χ2n) is 9.53. The number of carbonyl (C=O) groups excluding carboxylic acids is 2. The van der Waals surface area contributed by atoms with Gasteiger partial charge in [0.2, 0.25) is 0 Å². The summed E-state index contributed by atoms with van der Waals surface area (Å²) in [4.78, 5) is 31.0. The highest BCUT2D eigenvalue weighted by Gasteiger charge is 2.44. The molecule has 1 saturated heterocycles. The number of morpholine rings is 1. The van der Waals surface area contributed by atoms with Crippen molar-refractivity contribution in [3.8, 4) is 5.75 Å². The van der Waals surface area contributed by atoms with Gasteiger partial charge in [-0.2, -0.15) is 0 Å². The number of hydrogen-bond donors (Lipinski definition) is 0. The third-order valence-corrected chi connectivity index (χ3v) is 6.58. The molecule has 1 aromatic carbocycles. The maximum Gasteiger partial charge on any atom is 0.278 e. The largest absolute Gasteiger partial charge is 0.493 e. The molecule has 1 aromatic rings. The molecule has 1 saturated carbocycles. The number of carbonyl (C=O) groups is 2. The number of hydrogen-bond acceptors (Lipinski definition) is 5. The molecular weight excluding hydrogens is 404 g/mol. The van der Waals surface area contributed by atoms with Crippen molar-refractivity contribution in [2.24, 2.45) is 5.92 Å². The zero-order chi connectivity index (χ0) is 22.5. The highest BCUT2D eigenvalue weighted by molar-refractivity contribution is 6.35. The van der Waals surface area contributed by atoms with Crippen LogP contribution in [0.4, 0.5) is 0 Å². The summed E-state index contributed by atoms with van der Waals surface area (Å²) >= 11 is 0. The quantitative estimate of drug-likeness (QED) is 0.619. The van der Waals surface area contributed by atoms with Gasteiger partial charge < -0.3 is 14.4 Å². The van der Waals surface area contributed by atoms with Gasteiger partial charge in [0, 0.05) is 19.1 Å². The molecular formula is C26H36N2O4. The summed E-state index contributed by atoms with van der Waals surface area (Å²) in [5.41, 5.74) is 1.88. The second-order valence-corrected chi connectivity index (χ2v) is 9.53. The molecule has 6 nitrogen and oxygen atoms in total. The second kappa shape index (κ2) is 10.5. The van der Waals surface area contributed by atoms with E-state index in [0.29, 0.717) is 50.1 Å². The van der Waals surface area contributed by atoms with Gasteiger partial charge in [0.15, 0.2) is 0 Å². The van der Waals surface area contributed by atoms with Crippen LogP contribution >= 0.6 is 0 Å². The molecule has 32 heavy (non-hydrogen) atoms. The van der Waals surface area contributed by atoms with E-state index in [0.717, 1.165) is 37.0 Å². The summed E-state index contributed by atoms with van der Waals surface area (Å²) in [5, 5.41) is 0. The van der Waals surface area contributed by atoms with Gasteiger partial charge in [-0.1, -0.05) is 58.1 Å². The lowest BCUT2D eigenvalue weighted by molar-refractivity contribution is -0.141. The van der Waals surface area contributed by atoms with E-state index >= 15 is 0 Å². The van der Waals surface area contributed by atoms with Gasteiger partial charge in [-0.15, -0.1) is 0 Å². The van der Waals surface area contributed by atoms with E-state index in [2.05, 4.69) is 13.8 Å². The third-order valence-electron chi connectivity index (χ3n) is 6.58. The molecule has 0 atom stereocenters. The molecule has 174 valence electrons. The molecule has 1 aliphatic carbocycles. The standard InChI is InChI=1S/C26H36N2O4/c1-19(2)18-32-22-12-10-20(11-13-22)23-24(27-14-16-31-17-15-27)26(30)28(25(23)29)21-8-6-4-3-5-7-9-21/h10-13,19,21H,3-9,14-18H2,1-2H3. The van der Waals surface area contributed by atoms with Gasteiger partial charge in [0.1, 0.15) is 11.4 Å². The monoisotopic (exact) mass is 440 g/mol. The van der Waals surface area contributed by atoms with Crippen molar-refractivity contribution < 1.29 is 19.1 Å². The Morgan fingerprint density at radius 3 is 2.19 bits per heavy atom. The van der Waals surface area contributed by atoms with E-state index in [1.54, 1.807) is 4.90 Å². The molecule has 0 bridgehead atoms. The van der Waals surface area contributed by atoms with Crippen molar-refractivity contribution in [1.82, 2.24) is 9.80 Å². The highest BCUT2D eigenvalue weighted by Crippen LogP contribution is 2.36. The Morgan fingerprint density at radius 1 is 0.938 bits per heavy atom. The van der Waals surface area contributed by atoms with E-state index in [-0.39, 0.29) is 17.9 Å². The molecule has 0 spiro atoms. The Bertz CT molecular complexity index is 832. The summed E-state index contributed by atoms with van der Waals surface area (Å²) in [6, 6.07) is 7.63. The average molecular weight is 441 g/mol. The first kappa shape index (κ1) is 22.8. The van der Waals surface area contributed by atoms with Crippen molar-refractivity contribution in [2.75, 3.05) is 32.9 Å². The van der Waals surface area contributed by atoms with Gasteiger partial charge in [-0.05, 0) is 36.5 Å². The van der Waals surface area contributed by atoms with Crippen LogP contribution in [-0.2, 0) is 14.3 Å². The highest BCUT2D eigenvalue weighted by atomic mass is 16.5. The Labute approximate surface area is 191 Å². The van der Waals surface area contributed by atoms with Crippen LogP contribution in [0.15, 0.2) is 30.0 Å². The molecule has 0 unspecified atom stereocenters. The maximum absolute atomic E-state index is 13.7. The van der Waals surface area contributed by atoms with Crippen molar-refractivity contribution in [1.29, 1.82) is 0 Å². The maximum atomic E-state index is 13.7. The molecule has 2 heterocycles. The Kier molecular flexibility index (Phi) is 7.51. The SMILES string of the molecule is CC(C)COc1ccc(C2=C(N3CCOCC3)C(=O)N(C3CCCCCCC3)C2=O)cc1. The summed E-state index contributed by atoms with van der Waals surface area (Å²) in [6.45, 7) is 7.28. The molecule has 0 N–H and O–H groups in total. The lowest BCUT2D eigenvalue weighted by Gasteiger charge is -2.31. The van der Waals surface area contributed by atoms with Crippen molar-refractivity contribution >= 4 is 17.4 Å². The summed E-state index contributed by atoms with van der Waals surface area (Å²) in [6.07, 6.45) is 7.58. The Hall–Kier alpha value is -2.34. The summed E-state index contributed by atoms with van der Waals surface area (Å²) < 4.78 is 11.3.